The van der Waals surface area contributed by atoms with Gasteiger partial charge in [0, 0.05) is 5.56 Å². The molecule has 0 spiro atoms. The van der Waals surface area contributed by atoms with Crippen LogP contribution in [0.2, 0.25) is 0 Å². The van der Waals surface area contributed by atoms with Crippen LogP contribution in [0, 0.1) is 0 Å². The quantitative estimate of drug-likeness (QED) is 0.790. The smallest absolute Gasteiger partial charge is 0.360 e. The van der Waals surface area contributed by atoms with Crippen LogP contribution in [-0.4, -0.2) is 41.6 Å². The van der Waals surface area contributed by atoms with Crippen molar-refractivity contribution in [2.75, 3.05) is 14.2 Å². The van der Waals surface area contributed by atoms with Gasteiger partial charge in [0.05, 0.1) is 14.2 Å². The lowest BCUT2D eigenvalue weighted by molar-refractivity contribution is 0.0594. The molecule has 6 nitrogen and oxygen atoms in total. The molecule has 0 unspecified atom stereocenters. The summed E-state index contributed by atoms with van der Waals surface area (Å²) in [6, 6.07) is 6.70. The van der Waals surface area contributed by atoms with E-state index in [0.29, 0.717) is 11.3 Å². The van der Waals surface area contributed by atoms with Crippen molar-refractivity contribution in [1.82, 2.24) is 15.0 Å². The third-order valence-corrected chi connectivity index (χ3v) is 2.79. The summed E-state index contributed by atoms with van der Waals surface area (Å²) in [5.41, 5.74) is 0.438. The van der Waals surface area contributed by atoms with E-state index in [2.05, 4.69) is 15.0 Å². The van der Waals surface area contributed by atoms with Crippen LogP contribution in [-0.2, 0) is 11.3 Å². The van der Waals surface area contributed by atoms with Crippen LogP contribution in [0.25, 0.3) is 11.3 Å². The Morgan fingerprint density at radius 3 is 2.67 bits per heavy atom. The van der Waals surface area contributed by atoms with Gasteiger partial charge in [-0.1, -0.05) is 17.3 Å². The summed E-state index contributed by atoms with van der Waals surface area (Å²) >= 11 is 0. The normalized spacial score (nSPS) is 10.7. The molecule has 1 heterocycles. The van der Waals surface area contributed by atoms with Gasteiger partial charge in [0.2, 0.25) is 0 Å². The summed E-state index contributed by atoms with van der Waals surface area (Å²) in [7, 11) is 2.62. The number of hydrogen-bond acceptors (Lipinski definition) is 5. The molecule has 0 bridgehead atoms. The Morgan fingerprint density at radius 1 is 1.33 bits per heavy atom. The van der Waals surface area contributed by atoms with Crippen molar-refractivity contribution in [3.8, 4) is 17.0 Å². The number of alkyl halides is 2. The third kappa shape index (κ3) is 2.99. The molecule has 0 amide bonds. The van der Waals surface area contributed by atoms with Gasteiger partial charge in [-0.2, -0.15) is 0 Å². The Labute approximate surface area is 119 Å². The molecule has 0 aliphatic heterocycles. The van der Waals surface area contributed by atoms with Crippen LogP contribution in [0.5, 0.6) is 5.75 Å². The van der Waals surface area contributed by atoms with E-state index >= 15 is 0 Å². The fourth-order valence-electron chi connectivity index (χ4n) is 1.91. The van der Waals surface area contributed by atoms with Crippen molar-refractivity contribution in [2.24, 2.45) is 0 Å². The maximum atomic E-state index is 12.7. The second-order valence-corrected chi connectivity index (χ2v) is 4.05. The van der Waals surface area contributed by atoms with E-state index in [1.165, 1.54) is 14.2 Å². The molecule has 0 aliphatic rings. The number of aromatic nitrogens is 3. The lowest BCUT2D eigenvalue weighted by Gasteiger charge is -2.11. The fraction of sp³-hybridized carbons (Fsp3) is 0.308. The maximum absolute atomic E-state index is 12.7. The molecule has 2 aromatic rings. The lowest BCUT2D eigenvalue weighted by atomic mass is 10.1. The lowest BCUT2D eigenvalue weighted by Crippen LogP contribution is -2.11. The van der Waals surface area contributed by atoms with Crippen LogP contribution < -0.4 is 4.74 Å². The maximum Gasteiger partial charge on any atom is 0.360 e. The van der Waals surface area contributed by atoms with Crippen molar-refractivity contribution in [3.05, 3.63) is 30.0 Å². The van der Waals surface area contributed by atoms with Gasteiger partial charge >= 0.3 is 5.97 Å². The molecule has 0 fully saturated rings. The standard InChI is InChI=1S/C13H13F2N3O3/c1-20-9-6-4-3-5-8(9)12-11(13(19)21-2)16-17-18(12)7-10(14)15/h3-6,10H,7H2,1-2H3. The predicted molar refractivity (Wildman–Crippen MR) is 69.4 cm³/mol. The molecule has 8 heteroatoms. The van der Waals surface area contributed by atoms with E-state index in [9.17, 15) is 13.6 Å². The van der Waals surface area contributed by atoms with E-state index in [4.69, 9.17) is 4.74 Å². The number of benzene rings is 1. The van der Waals surface area contributed by atoms with Crippen molar-refractivity contribution >= 4 is 5.97 Å². The minimum absolute atomic E-state index is 0.136. The van der Waals surface area contributed by atoms with Gasteiger partial charge in [0.15, 0.2) is 5.69 Å². The van der Waals surface area contributed by atoms with E-state index in [1.54, 1.807) is 24.3 Å². The highest BCUT2D eigenvalue weighted by Gasteiger charge is 2.25. The van der Waals surface area contributed by atoms with Gasteiger partial charge < -0.3 is 9.47 Å². The first-order valence-corrected chi connectivity index (χ1v) is 6.01. The molecule has 2 rings (SSSR count). The average molecular weight is 297 g/mol. The predicted octanol–water partition coefficient (Wildman–Crippen LogP) is 2.01. The molecule has 0 aliphatic carbocycles. The Hall–Kier alpha value is -2.51. The number of para-hydroxylation sites is 1. The number of carbonyl (C=O) groups is 1. The Bertz CT molecular complexity index is 643. The number of nitrogens with zero attached hydrogens (tertiary/aromatic N) is 3. The van der Waals surface area contributed by atoms with Gasteiger partial charge in [0.25, 0.3) is 6.43 Å². The Balaban J connectivity index is 2.62. The first-order chi connectivity index (χ1) is 10.1. The molecular formula is C13H13F2N3O3. The van der Waals surface area contributed by atoms with Crippen LogP contribution in [0.15, 0.2) is 24.3 Å². The second-order valence-electron chi connectivity index (χ2n) is 4.05. The van der Waals surface area contributed by atoms with Crippen molar-refractivity contribution < 1.29 is 23.0 Å². The van der Waals surface area contributed by atoms with Crippen molar-refractivity contribution in [1.29, 1.82) is 0 Å². The van der Waals surface area contributed by atoms with E-state index in [1.807, 2.05) is 0 Å². The molecule has 0 saturated carbocycles. The summed E-state index contributed by atoms with van der Waals surface area (Å²) < 4.78 is 36.1. The highest BCUT2D eigenvalue weighted by molar-refractivity contribution is 5.94. The van der Waals surface area contributed by atoms with E-state index in [0.717, 1.165) is 4.68 Å². The first kappa shape index (κ1) is 14.9. The minimum atomic E-state index is -2.63. The Kier molecular flexibility index (Phi) is 4.46. The minimum Gasteiger partial charge on any atom is -0.496 e. The molecule has 0 N–H and O–H groups in total. The first-order valence-electron chi connectivity index (χ1n) is 6.01. The summed E-state index contributed by atoms with van der Waals surface area (Å²) in [6.45, 7) is -0.683. The van der Waals surface area contributed by atoms with Crippen molar-refractivity contribution in [2.45, 2.75) is 13.0 Å². The van der Waals surface area contributed by atoms with Crippen LogP contribution >= 0.6 is 0 Å². The summed E-state index contributed by atoms with van der Waals surface area (Å²) in [4.78, 5) is 11.7. The molecule has 0 saturated heterocycles. The molecule has 1 aromatic heterocycles. The highest BCUT2D eigenvalue weighted by Crippen LogP contribution is 2.31. The number of hydrogen-bond donors (Lipinski definition) is 0. The molecule has 112 valence electrons. The number of rotatable bonds is 5. The SMILES string of the molecule is COC(=O)c1nnn(CC(F)F)c1-c1ccccc1OC. The van der Waals surface area contributed by atoms with Crippen LogP contribution in [0.1, 0.15) is 10.5 Å². The molecule has 21 heavy (non-hydrogen) atoms. The van der Waals surface area contributed by atoms with Gasteiger partial charge in [-0.15, -0.1) is 5.10 Å². The zero-order valence-corrected chi connectivity index (χ0v) is 11.4. The monoisotopic (exact) mass is 297 g/mol. The summed E-state index contributed by atoms with van der Waals surface area (Å²) in [5.74, 6) is -0.336. The third-order valence-electron chi connectivity index (χ3n) is 2.79. The number of esters is 1. The number of halogens is 2. The zero-order valence-electron chi connectivity index (χ0n) is 11.4. The molecule has 1 aromatic carbocycles. The molecule has 0 atom stereocenters. The number of carbonyl (C=O) groups excluding carboxylic acids is 1. The molecule has 0 radical (unpaired) electrons. The number of ether oxygens (including phenoxy) is 2. The van der Waals surface area contributed by atoms with Crippen LogP contribution in [0.3, 0.4) is 0 Å². The number of methoxy groups -OCH3 is 2. The topological polar surface area (TPSA) is 66.2 Å². The van der Waals surface area contributed by atoms with Gasteiger partial charge in [0.1, 0.15) is 18.0 Å². The van der Waals surface area contributed by atoms with Gasteiger partial charge in [-0.05, 0) is 12.1 Å². The van der Waals surface area contributed by atoms with Crippen LogP contribution in [0.4, 0.5) is 8.78 Å². The highest BCUT2D eigenvalue weighted by atomic mass is 19.3. The average Bonchev–Trinajstić information content (AvgIpc) is 2.89. The Morgan fingerprint density at radius 2 is 2.05 bits per heavy atom. The fourth-order valence-corrected chi connectivity index (χ4v) is 1.91. The van der Waals surface area contributed by atoms with Crippen molar-refractivity contribution in [3.63, 3.8) is 0 Å². The van der Waals surface area contributed by atoms with E-state index in [-0.39, 0.29) is 11.4 Å². The second kappa shape index (κ2) is 6.29. The van der Waals surface area contributed by atoms with Gasteiger partial charge in [-0.25, -0.2) is 18.3 Å². The molecular weight excluding hydrogens is 284 g/mol. The zero-order chi connectivity index (χ0) is 15.4. The van der Waals surface area contributed by atoms with Gasteiger partial charge in [-0.3, -0.25) is 0 Å². The van der Waals surface area contributed by atoms with E-state index < -0.39 is 18.9 Å². The summed E-state index contributed by atoms with van der Waals surface area (Å²) in [5, 5.41) is 7.25. The largest absolute Gasteiger partial charge is 0.496 e. The summed E-state index contributed by atoms with van der Waals surface area (Å²) in [6.07, 6.45) is -2.63.